The molecule has 3 nitrogen and oxygen atoms in total. The number of aryl methyl sites for hydroxylation is 1. The number of anilines is 1. The van der Waals surface area contributed by atoms with E-state index in [0.29, 0.717) is 5.92 Å². The summed E-state index contributed by atoms with van der Waals surface area (Å²) in [5.41, 5.74) is 9.88. The van der Waals surface area contributed by atoms with Crippen LogP contribution in [0.4, 0.5) is 5.69 Å². The van der Waals surface area contributed by atoms with Crippen LogP contribution < -0.4 is 15.8 Å². The van der Waals surface area contributed by atoms with E-state index in [1.807, 2.05) is 0 Å². The van der Waals surface area contributed by atoms with Gasteiger partial charge in [0.25, 0.3) is 0 Å². The van der Waals surface area contributed by atoms with Crippen LogP contribution in [0.2, 0.25) is 0 Å². The first-order valence-electron chi connectivity index (χ1n) is 6.12. The molecule has 0 aromatic heterocycles. The largest absolute Gasteiger partial charge is 0.490 e. The summed E-state index contributed by atoms with van der Waals surface area (Å²) in [7, 11) is 0. The van der Waals surface area contributed by atoms with Gasteiger partial charge in [0.2, 0.25) is 0 Å². The molecule has 0 radical (unpaired) electrons. The van der Waals surface area contributed by atoms with Gasteiger partial charge in [-0.15, -0.1) is 0 Å². The zero-order chi connectivity index (χ0) is 11.0. The van der Waals surface area contributed by atoms with Crippen molar-refractivity contribution in [2.75, 3.05) is 25.0 Å². The molecule has 1 heterocycles. The number of ether oxygens (including phenoxy) is 1. The Morgan fingerprint density at radius 1 is 1.44 bits per heavy atom. The molecule has 16 heavy (non-hydrogen) atoms. The molecule has 1 aliphatic heterocycles. The van der Waals surface area contributed by atoms with Crippen LogP contribution in [-0.2, 0) is 6.42 Å². The van der Waals surface area contributed by atoms with Crippen molar-refractivity contribution < 1.29 is 4.74 Å². The Balaban J connectivity index is 2.04. The third-order valence-electron chi connectivity index (χ3n) is 3.64. The summed E-state index contributed by atoms with van der Waals surface area (Å²) in [4.78, 5) is 0. The van der Waals surface area contributed by atoms with Crippen LogP contribution in [0.5, 0.6) is 5.75 Å². The first-order chi connectivity index (χ1) is 7.90. The molecule has 0 saturated heterocycles. The normalized spacial score (nSPS) is 21.9. The van der Waals surface area contributed by atoms with E-state index in [4.69, 9.17) is 10.5 Å². The average Bonchev–Trinajstić information content (AvgIpc) is 2.73. The highest BCUT2D eigenvalue weighted by Gasteiger charge is 2.28. The van der Waals surface area contributed by atoms with Crippen LogP contribution >= 0.6 is 0 Å². The van der Waals surface area contributed by atoms with Crippen LogP contribution in [0.15, 0.2) is 12.1 Å². The summed E-state index contributed by atoms with van der Waals surface area (Å²) in [6.45, 7) is 2.46. The van der Waals surface area contributed by atoms with Crippen molar-refractivity contribution in [3.8, 4) is 5.75 Å². The fourth-order valence-corrected chi connectivity index (χ4v) is 2.93. The average molecular weight is 218 g/mol. The van der Waals surface area contributed by atoms with Crippen LogP contribution in [0.3, 0.4) is 0 Å². The molecule has 1 aromatic carbocycles. The minimum atomic E-state index is 0.629. The van der Waals surface area contributed by atoms with Gasteiger partial charge in [-0.05, 0) is 48.9 Å². The lowest BCUT2D eigenvalue weighted by Gasteiger charge is -2.24. The van der Waals surface area contributed by atoms with Crippen molar-refractivity contribution >= 4 is 5.69 Å². The lowest BCUT2D eigenvalue weighted by atomic mass is 9.95. The Hall–Kier alpha value is -1.22. The Morgan fingerprint density at radius 2 is 2.38 bits per heavy atom. The number of rotatable bonds is 2. The molecule has 3 rings (SSSR count). The highest BCUT2D eigenvalue weighted by molar-refractivity contribution is 5.68. The van der Waals surface area contributed by atoms with Crippen molar-refractivity contribution in [3.63, 3.8) is 0 Å². The molecule has 0 bridgehead atoms. The minimum absolute atomic E-state index is 0.629. The van der Waals surface area contributed by atoms with Gasteiger partial charge in [0, 0.05) is 6.54 Å². The zero-order valence-corrected chi connectivity index (χ0v) is 9.46. The molecule has 0 amide bonds. The third-order valence-corrected chi connectivity index (χ3v) is 3.64. The maximum atomic E-state index is 5.69. The van der Waals surface area contributed by atoms with E-state index in [2.05, 4.69) is 17.4 Å². The van der Waals surface area contributed by atoms with Crippen molar-refractivity contribution in [2.45, 2.75) is 25.2 Å². The minimum Gasteiger partial charge on any atom is -0.490 e. The van der Waals surface area contributed by atoms with Crippen LogP contribution in [-0.4, -0.2) is 19.7 Å². The second-order valence-electron chi connectivity index (χ2n) is 4.60. The molecule has 1 aliphatic carbocycles. The van der Waals surface area contributed by atoms with Gasteiger partial charge in [-0.1, -0.05) is 6.07 Å². The molecule has 2 aliphatic rings. The molecule has 0 spiro atoms. The van der Waals surface area contributed by atoms with E-state index < -0.39 is 0 Å². The SMILES string of the molecule is NCC[C@H]1CCc2ccc3c(c21)NCCO3. The number of nitrogens with one attached hydrogen (secondary N) is 1. The van der Waals surface area contributed by atoms with Gasteiger partial charge in [-0.2, -0.15) is 0 Å². The number of hydrogen-bond acceptors (Lipinski definition) is 3. The predicted molar refractivity (Wildman–Crippen MR) is 65.2 cm³/mol. The Kier molecular flexibility index (Phi) is 2.48. The summed E-state index contributed by atoms with van der Waals surface area (Å²) < 4.78 is 5.68. The predicted octanol–water partition coefficient (Wildman–Crippen LogP) is 1.87. The standard InChI is InChI=1S/C13H18N2O/c14-6-5-10-2-1-9-3-4-11-13(12(9)10)15-7-8-16-11/h3-4,10,15H,1-2,5-8,14H2/t10-/m1/s1. The Morgan fingerprint density at radius 3 is 3.25 bits per heavy atom. The second-order valence-corrected chi connectivity index (χ2v) is 4.60. The van der Waals surface area contributed by atoms with E-state index >= 15 is 0 Å². The van der Waals surface area contributed by atoms with Gasteiger partial charge in [0.1, 0.15) is 12.4 Å². The van der Waals surface area contributed by atoms with E-state index in [-0.39, 0.29) is 0 Å². The highest BCUT2D eigenvalue weighted by Crippen LogP contribution is 2.44. The fraction of sp³-hybridized carbons (Fsp3) is 0.538. The quantitative estimate of drug-likeness (QED) is 0.796. The van der Waals surface area contributed by atoms with E-state index in [9.17, 15) is 0 Å². The molecule has 1 atom stereocenters. The first kappa shape index (κ1) is 9.97. The highest BCUT2D eigenvalue weighted by atomic mass is 16.5. The lowest BCUT2D eigenvalue weighted by Crippen LogP contribution is -2.20. The van der Waals surface area contributed by atoms with Gasteiger partial charge in [0.05, 0.1) is 5.69 Å². The number of fused-ring (bicyclic) bond motifs is 3. The molecule has 0 saturated carbocycles. The first-order valence-corrected chi connectivity index (χ1v) is 6.12. The topological polar surface area (TPSA) is 47.3 Å². The molecule has 86 valence electrons. The molecular formula is C13H18N2O. The molecule has 3 heteroatoms. The van der Waals surface area contributed by atoms with Gasteiger partial charge in [0.15, 0.2) is 0 Å². The molecule has 0 unspecified atom stereocenters. The van der Waals surface area contributed by atoms with Gasteiger partial charge >= 0.3 is 0 Å². The van der Waals surface area contributed by atoms with E-state index in [0.717, 1.165) is 31.9 Å². The number of benzene rings is 1. The smallest absolute Gasteiger partial charge is 0.142 e. The van der Waals surface area contributed by atoms with Crippen LogP contribution in [0.25, 0.3) is 0 Å². The monoisotopic (exact) mass is 218 g/mol. The molecule has 1 aromatic rings. The Bertz CT molecular complexity index is 401. The summed E-state index contributed by atoms with van der Waals surface area (Å²) in [5, 5.41) is 3.49. The van der Waals surface area contributed by atoms with Crippen molar-refractivity contribution in [2.24, 2.45) is 5.73 Å². The van der Waals surface area contributed by atoms with E-state index in [1.54, 1.807) is 0 Å². The van der Waals surface area contributed by atoms with Crippen LogP contribution in [0.1, 0.15) is 29.9 Å². The fourth-order valence-electron chi connectivity index (χ4n) is 2.93. The molecular weight excluding hydrogens is 200 g/mol. The number of hydrogen-bond donors (Lipinski definition) is 2. The van der Waals surface area contributed by atoms with Gasteiger partial charge in [-0.25, -0.2) is 0 Å². The Labute approximate surface area is 96.0 Å². The van der Waals surface area contributed by atoms with Gasteiger partial charge in [-0.3, -0.25) is 0 Å². The maximum absolute atomic E-state index is 5.69. The second kappa shape index (κ2) is 3.98. The number of nitrogens with two attached hydrogens (primary N) is 1. The summed E-state index contributed by atoms with van der Waals surface area (Å²) in [6.07, 6.45) is 3.52. The molecule has 0 fully saturated rings. The summed E-state index contributed by atoms with van der Waals surface area (Å²) in [6, 6.07) is 4.32. The van der Waals surface area contributed by atoms with E-state index in [1.165, 1.54) is 29.7 Å². The molecule has 3 N–H and O–H groups in total. The summed E-state index contributed by atoms with van der Waals surface area (Å²) in [5.74, 6) is 1.65. The van der Waals surface area contributed by atoms with Crippen molar-refractivity contribution in [1.29, 1.82) is 0 Å². The van der Waals surface area contributed by atoms with Gasteiger partial charge < -0.3 is 15.8 Å². The zero-order valence-electron chi connectivity index (χ0n) is 9.46. The third kappa shape index (κ3) is 1.47. The summed E-state index contributed by atoms with van der Waals surface area (Å²) >= 11 is 0. The maximum Gasteiger partial charge on any atom is 0.142 e. The van der Waals surface area contributed by atoms with Crippen molar-refractivity contribution in [3.05, 3.63) is 23.3 Å². The van der Waals surface area contributed by atoms with Crippen molar-refractivity contribution in [1.82, 2.24) is 0 Å². The van der Waals surface area contributed by atoms with Crippen LogP contribution in [0, 0.1) is 0 Å². The lowest BCUT2D eigenvalue weighted by molar-refractivity contribution is 0.322.